The monoisotopic (exact) mass is 350 g/mol. The molecule has 0 N–H and O–H groups in total. The van der Waals surface area contributed by atoms with E-state index in [4.69, 9.17) is 4.74 Å². The molecule has 1 saturated carbocycles. The van der Waals surface area contributed by atoms with Crippen LogP contribution in [0.3, 0.4) is 0 Å². The number of hydrogen-bond acceptors (Lipinski definition) is 3. The van der Waals surface area contributed by atoms with Crippen LogP contribution in [0.1, 0.15) is 24.0 Å². The number of para-hydroxylation sites is 2. The third kappa shape index (κ3) is 2.94. The van der Waals surface area contributed by atoms with Gasteiger partial charge >= 0.3 is 0 Å². The minimum atomic E-state index is -0.264. The largest absolute Gasteiger partial charge is 0.495 e. The molecule has 1 aliphatic heterocycles. The van der Waals surface area contributed by atoms with E-state index in [2.05, 4.69) is 47.1 Å². The van der Waals surface area contributed by atoms with Crippen LogP contribution in [0.2, 0.25) is 0 Å². The second-order valence-electron chi connectivity index (χ2n) is 7.40. The van der Waals surface area contributed by atoms with E-state index in [1.807, 2.05) is 18.2 Å². The number of anilines is 1. The summed E-state index contributed by atoms with van der Waals surface area (Å²) in [5.41, 5.74) is 3.27. The van der Waals surface area contributed by atoms with Crippen molar-refractivity contribution < 1.29 is 9.53 Å². The average Bonchev–Trinajstić information content (AvgIpc) is 3.50. The lowest BCUT2D eigenvalue weighted by atomic mass is 9.93. The van der Waals surface area contributed by atoms with E-state index in [0.29, 0.717) is 5.91 Å². The molecular formula is C22H26N2O2. The van der Waals surface area contributed by atoms with Gasteiger partial charge < -0.3 is 14.5 Å². The maximum atomic E-state index is 13.2. The lowest BCUT2D eigenvalue weighted by Gasteiger charge is -2.38. The molecule has 4 nitrogen and oxygen atoms in total. The summed E-state index contributed by atoms with van der Waals surface area (Å²) in [6.07, 6.45) is 1.95. The third-order valence-electron chi connectivity index (χ3n) is 5.76. The van der Waals surface area contributed by atoms with Gasteiger partial charge in [-0.1, -0.05) is 42.0 Å². The van der Waals surface area contributed by atoms with Crippen molar-refractivity contribution >= 4 is 11.6 Å². The first-order valence-electron chi connectivity index (χ1n) is 9.38. The third-order valence-corrected chi connectivity index (χ3v) is 5.76. The highest BCUT2D eigenvalue weighted by atomic mass is 16.5. The molecule has 0 unspecified atom stereocenters. The Morgan fingerprint density at radius 1 is 0.962 bits per heavy atom. The Morgan fingerprint density at radius 3 is 2.23 bits per heavy atom. The Kier molecular flexibility index (Phi) is 4.35. The van der Waals surface area contributed by atoms with Crippen molar-refractivity contribution in [2.24, 2.45) is 0 Å². The van der Waals surface area contributed by atoms with Crippen LogP contribution in [-0.2, 0) is 10.2 Å². The van der Waals surface area contributed by atoms with Crippen molar-refractivity contribution in [1.82, 2.24) is 4.90 Å². The maximum absolute atomic E-state index is 13.2. The normalized spacial score (nSPS) is 18.5. The summed E-state index contributed by atoms with van der Waals surface area (Å²) in [7, 11) is 1.71. The number of rotatable bonds is 4. The topological polar surface area (TPSA) is 32.8 Å². The lowest BCUT2D eigenvalue weighted by molar-refractivity contribution is -0.134. The molecule has 0 atom stereocenters. The number of amides is 1. The molecule has 0 radical (unpaired) electrons. The minimum Gasteiger partial charge on any atom is -0.495 e. The molecule has 1 amide bonds. The fourth-order valence-corrected chi connectivity index (χ4v) is 3.97. The molecule has 4 heteroatoms. The van der Waals surface area contributed by atoms with Gasteiger partial charge in [0, 0.05) is 26.2 Å². The standard InChI is InChI=1S/C22H26N2O2/c1-17-7-9-18(10-8-17)22(11-12-22)21(25)24-15-13-23(14-16-24)19-5-3-4-6-20(19)26-2/h3-10H,11-16H2,1-2H3. The van der Waals surface area contributed by atoms with Crippen LogP contribution in [0.4, 0.5) is 5.69 Å². The number of carbonyl (C=O) groups excluding carboxylic acids is 1. The molecule has 1 heterocycles. The van der Waals surface area contributed by atoms with Crippen molar-refractivity contribution in [3.05, 3.63) is 59.7 Å². The highest BCUT2D eigenvalue weighted by molar-refractivity contribution is 5.91. The van der Waals surface area contributed by atoms with Gasteiger partial charge in [0.15, 0.2) is 0 Å². The second kappa shape index (κ2) is 6.67. The predicted octanol–water partition coefficient (Wildman–Crippen LogP) is 3.38. The maximum Gasteiger partial charge on any atom is 0.233 e. The van der Waals surface area contributed by atoms with E-state index < -0.39 is 0 Å². The Morgan fingerprint density at radius 2 is 1.62 bits per heavy atom. The molecule has 2 aromatic rings. The van der Waals surface area contributed by atoms with Gasteiger partial charge in [-0.25, -0.2) is 0 Å². The molecule has 0 bridgehead atoms. The summed E-state index contributed by atoms with van der Waals surface area (Å²) >= 11 is 0. The van der Waals surface area contributed by atoms with E-state index in [1.165, 1.54) is 11.1 Å². The van der Waals surface area contributed by atoms with Gasteiger partial charge in [0.2, 0.25) is 5.91 Å². The fraction of sp³-hybridized carbons (Fsp3) is 0.409. The summed E-state index contributed by atoms with van der Waals surface area (Å²) in [5.74, 6) is 1.20. The number of aryl methyl sites for hydroxylation is 1. The number of ether oxygens (including phenoxy) is 1. The molecule has 0 spiro atoms. The number of carbonyl (C=O) groups is 1. The molecule has 1 aliphatic carbocycles. The Balaban J connectivity index is 1.45. The summed E-state index contributed by atoms with van der Waals surface area (Å²) in [6.45, 7) is 5.31. The number of hydrogen-bond donors (Lipinski definition) is 0. The van der Waals surface area contributed by atoms with Crippen LogP contribution in [-0.4, -0.2) is 44.1 Å². The first-order chi connectivity index (χ1) is 12.6. The number of nitrogens with zero attached hydrogens (tertiary/aromatic N) is 2. The van der Waals surface area contributed by atoms with E-state index in [1.54, 1.807) is 7.11 Å². The van der Waals surface area contributed by atoms with Gasteiger partial charge in [0.25, 0.3) is 0 Å². The van der Waals surface area contributed by atoms with Crippen LogP contribution >= 0.6 is 0 Å². The van der Waals surface area contributed by atoms with Gasteiger partial charge in [-0.3, -0.25) is 4.79 Å². The van der Waals surface area contributed by atoms with Crippen LogP contribution in [0.15, 0.2) is 48.5 Å². The lowest BCUT2D eigenvalue weighted by Crippen LogP contribution is -2.51. The number of methoxy groups -OCH3 is 1. The van der Waals surface area contributed by atoms with E-state index in [9.17, 15) is 4.79 Å². The van der Waals surface area contributed by atoms with Gasteiger partial charge in [-0.15, -0.1) is 0 Å². The fourth-order valence-electron chi connectivity index (χ4n) is 3.97. The van der Waals surface area contributed by atoms with Crippen LogP contribution in [0.5, 0.6) is 5.75 Å². The zero-order valence-corrected chi connectivity index (χ0v) is 15.6. The molecule has 26 heavy (non-hydrogen) atoms. The Labute approximate surface area is 155 Å². The van der Waals surface area contributed by atoms with E-state index >= 15 is 0 Å². The van der Waals surface area contributed by atoms with Crippen LogP contribution in [0.25, 0.3) is 0 Å². The van der Waals surface area contributed by atoms with Gasteiger partial charge in [-0.05, 0) is 37.5 Å². The number of piperazine rings is 1. The Bertz CT molecular complexity index is 788. The average molecular weight is 350 g/mol. The van der Waals surface area contributed by atoms with Crippen molar-refractivity contribution in [2.75, 3.05) is 38.2 Å². The first-order valence-corrected chi connectivity index (χ1v) is 9.38. The highest BCUT2D eigenvalue weighted by Crippen LogP contribution is 2.49. The molecule has 4 rings (SSSR count). The smallest absolute Gasteiger partial charge is 0.233 e. The van der Waals surface area contributed by atoms with Gasteiger partial charge in [-0.2, -0.15) is 0 Å². The molecule has 0 aromatic heterocycles. The summed E-state index contributed by atoms with van der Waals surface area (Å²) < 4.78 is 5.48. The van der Waals surface area contributed by atoms with E-state index in [-0.39, 0.29) is 5.41 Å². The highest BCUT2D eigenvalue weighted by Gasteiger charge is 2.53. The number of benzene rings is 2. The zero-order valence-electron chi connectivity index (χ0n) is 15.6. The van der Waals surface area contributed by atoms with Crippen molar-refractivity contribution in [3.63, 3.8) is 0 Å². The van der Waals surface area contributed by atoms with Gasteiger partial charge in [0.1, 0.15) is 5.75 Å². The SMILES string of the molecule is COc1ccccc1N1CCN(C(=O)C2(c3ccc(C)cc3)CC2)CC1. The van der Waals surface area contributed by atoms with Gasteiger partial charge in [0.05, 0.1) is 18.2 Å². The molecule has 2 fully saturated rings. The summed E-state index contributed by atoms with van der Waals surface area (Å²) in [4.78, 5) is 17.6. The van der Waals surface area contributed by atoms with Crippen molar-refractivity contribution in [2.45, 2.75) is 25.2 Å². The minimum absolute atomic E-state index is 0.264. The molecule has 1 saturated heterocycles. The quantitative estimate of drug-likeness (QED) is 0.847. The molecule has 136 valence electrons. The van der Waals surface area contributed by atoms with Crippen molar-refractivity contribution in [1.29, 1.82) is 0 Å². The van der Waals surface area contributed by atoms with Crippen LogP contribution < -0.4 is 9.64 Å². The molecule has 2 aliphatic rings. The second-order valence-corrected chi connectivity index (χ2v) is 7.40. The summed E-state index contributed by atoms with van der Waals surface area (Å²) in [5, 5.41) is 0. The molecular weight excluding hydrogens is 324 g/mol. The van der Waals surface area contributed by atoms with Crippen LogP contribution in [0, 0.1) is 6.92 Å². The summed E-state index contributed by atoms with van der Waals surface area (Å²) in [6, 6.07) is 16.6. The van der Waals surface area contributed by atoms with Crippen molar-refractivity contribution in [3.8, 4) is 5.75 Å². The Hall–Kier alpha value is -2.49. The molecule has 2 aromatic carbocycles. The zero-order chi connectivity index (χ0) is 18.1. The first kappa shape index (κ1) is 17.0. The van der Waals surface area contributed by atoms with E-state index in [0.717, 1.165) is 50.5 Å². The predicted molar refractivity (Wildman–Crippen MR) is 104 cm³/mol.